The van der Waals surface area contributed by atoms with Crippen molar-refractivity contribution in [3.8, 4) is 0 Å². The summed E-state index contributed by atoms with van der Waals surface area (Å²) in [6.07, 6.45) is 2.16. The number of guanidine groups is 1. The summed E-state index contributed by atoms with van der Waals surface area (Å²) in [5.74, 6) is 0.113. The van der Waals surface area contributed by atoms with Crippen LogP contribution in [0.2, 0.25) is 0 Å². The first-order chi connectivity index (χ1) is 16.9. The molecule has 0 unspecified atom stereocenters. The van der Waals surface area contributed by atoms with Gasteiger partial charge in [-0.05, 0) is 72.0 Å². The number of thiophene rings is 1. The molecule has 1 saturated heterocycles. The number of likely N-dealkylation sites (tertiary alicyclic amines) is 1. The predicted molar refractivity (Wildman–Crippen MR) is 138 cm³/mol. The Morgan fingerprint density at radius 2 is 2.11 bits per heavy atom. The minimum atomic E-state index is -0.711. The van der Waals surface area contributed by atoms with Gasteiger partial charge in [0.2, 0.25) is 5.91 Å². The maximum Gasteiger partial charge on any atom is 0.254 e. The molecule has 1 fully saturated rings. The first-order valence-electron chi connectivity index (χ1n) is 11.9. The maximum atomic E-state index is 13.2. The van der Waals surface area contributed by atoms with E-state index in [1.54, 1.807) is 18.4 Å². The van der Waals surface area contributed by atoms with Crippen molar-refractivity contribution >= 4 is 39.2 Å². The van der Waals surface area contributed by atoms with E-state index in [0.29, 0.717) is 12.2 Å². The van der Waals surface area contributed by atoms with Crippen LogP contribution in [0.15, 0.2) is 58.9 Å². The molecule has 3 aromatic rings. The summed E-state index contributed by atoms with van der Waals surface area (Å²) in [7, 11) is 1.66. The largest absolute Gasteiger partial charge is 0.383 e. The van der Waals surface area contributed by atoms with Gasteiger partial charge >= 0.3 is 0 Å². The van der Waals surface area contributed by atoms with Crippen molar-refractivity contribution in [3.63, 3.8) is 0 Å². The van der Waals surface area contributed by atoms with E-state index < -0.39 is 5.54 Å². The number of carbonyl (C=O) groups excluding carboxylic acids is 2. The molecule has 0 aliphatic carbocycles. The highest BCUT2D eigenvalue weighted by Gasteiger charge is 2.38. The summed E-state index contributed by atoms with van der Waals surface area (Å²) < 4.78 is 6.49. The highest BCUT2D eigenvalue weighted by atomic mass is 32.1. The van der Waals surface area contributed by atoms with Crippen molar-refractivity contribution in [2.75, 3.05) is 20.3 Å². The van der Waals surface area contributed by atoms with Crippen LogP contribution in [-0.2, 0) is 21.6 Å². The van der Waals surface area contributed by atoms with Crippen molar-refractivity contribution in [1.29, 1.82) is 0 Å². The number of amides is 2. The fourth-order valence-corrected chi connectivity index (χ4v) is 5.90. The third kappa shape index (κ3) is 4.56. The van der Waals surface area contributed by atoms with E-state index >= 15 is 0 Å². The number of nitrogens with two attached hydrogens (primary N) is 1. The number of hydrogen-bond acceptors (Lipinski definition) is 6. The first-order valence-corrected chi connectivity index (χ1v) is 12.8. The van der Waals surface area contributed by atoms with Crippen LogP contribution in [0.1, 0.15) is 47.7 Å². The zero-order valence-electron chi connectivity index (χ0n) is 20.1. The zero-order valence-corrected chi connectivity index (χ0v) is 20.9. The van der Waals surface area contributed by atoms with Crippen molar-refractivity contribution in [2.45, 2.75) is 44.3 Å². The van der Waals surface area contributed by atoms with Crippen LogP contribution in [0.4, 0.5) is 0 Å². The van der Waals surface area contributed by atoms with E-state index in [9.17, 15) is 9.59 Å². The normalized spacial score (nSPS) is 22.6. The lowest BCUT2D eigenvalue weighted by Crippen LogP contribution is -2.49. The van der Waals surface area contributed by atoms with Crippen LogP contribution in [0.3, 0.4) is 0 Å². The van der Waals surface area contributed by atoms with Gasteiger partial charge in [-0.3, -0.25) is 14.5 Å². The monoisotopic (exact) mass is 490 g/mol. The lowest BCUT2D eigenvalue weighted by molar-refractivity contribution is -0.130. The molecule has 8 heteroatoms. The van der Waals surface area contributed by atoms with Gasteiger partial charge in [0.25, 0.3) is 5.91 Å². The van der Waals surface area contributed by atoms with Gasteiger partial charge in [0.05, 0.1) is 31.2 Å². The number of ether oxygens (including phenoxy) is 1. The molecule has 2 aliphatic rings. The second-order valence-corrected chi connectivity index (χ2v) is 10.5. The number of rotatable bonds is 6. The van der Waals surface area contributed by atoms with Crippen molar-refractivity contribution in [3.05, 3.63) is 70.6 Å². The molecule has 35 heavy (non-hydrogen) atoms. The third-order valence-electron chi connectivity index (χ3n) is 7.02. The SMILES string of the molecule is COC[C@H]1CCCN1C(=O)c1cccc(CN2C(=O)C[C@@](C)(c3ccc4sccc4c3)N=C2N)c1. The Hall–Kier alpha value is -3.23. The van der Waals surface area contributed by atoms with Crippen LogP contribution in [0.25, 0.3) is 10.1 Å². The number of fused-ring (bicyclic) bond motifs is 1. The Kier molecular flexibility index (Phi) is 6.34. The predicted octanol–water partition coefficient (Wildman–Crippen LogP) is 4.11. The molecule has 7 nitrogen and oxygen atoms in total. The molecular weight excluding hydrogens is 460 g/mol. The highest BCUT2D eigenvalue weighted by molar-refractivity contribution is 7.17. The van der Waals surface area contributed by atoms with Crippen molar-refractivity contribution in [2.24, 2.45) is 10.7 Å². The van der Waals surface area contributed by atoms with Crippen LogP contribution >= 0.6 is 11.3 Å². The van der Waals surface area contributed by atoms with Crippen LogP contribution in [0.5, 0.6) is 0 Å². The topological polar surface area (TPSA) is 88.2 Å². The second-order valence-electron chi connectivity index (χ2n) is 9.52. The maximum absolute atomic E-state index is 13.2. The summed E-state index contributed by atoms with van der Waals surface area (Å²) in [6.45, 7) is 3.50. The summed E-state index contributed by atoms with van der Waals surface area (Å²) in [6, 6.07) is 15.8. The number of nitrogens with zero attached hydrogens (tertiary/aromatic N) is 3. The summed E-state index contributed by atoms with van der Waals surface area (Å²) in [4.78, 5) is 34.6. The fraction of sp³-hybridized carbons (Fsp3) is 0.370. The molecule has 0 bridgehead atoms. The van der Waals surface area contributed by atoms with Gasteiger partial charge in [-0.2, -0.15) is 0 Å². The average Bonchev–Trinajstić information content (AvgIpc) is 3.50. The first kappa shape index (κ1) is 23.5. The van der Waals surface area contributed by atoms with E-state index in [2.05, 4.69) is 23.6 Å². The molecule has 0 saturated carbocycles. The number of benzene rings is 2. The lowest BCUT2D eigenvalue weighted by atomic mass is 9.87. The molecule has 2 atom stereocenters. The number of aliphatic imine (C=N–C) groups is 1. The van der Waals surface area contributed by atoms with Gasteiger partial charge in [0, 0.05) is 23.9 Å². The number of carbonyl (C=O) groups is 2. The number of methoxy groups -OCH3 is 1. The molecule has 1 aromatic heterocycles. The summed E-state index contributed by atoms with van der Waals surface area (Å²) >= 11 is 1.69. The van der Waals surface area contributed by atoms with Gasteiger partial charge in [-0.25, -0.2) is 4.99 Å². The van der Waals surface area contributed by atoms with E-state index in [1.807, 2.05) is 42.2 Å². The summed E-state index contributed by atoms with van der Waals surface area (Å²) in [5, 5.41) is 3.20. The molecule has 5 rings (SSSR count). The molecule has 2 amide bonds. The minimum Gasteiger partial charge on any atom is -0.383 e. The van der Waals surface area contributed by atoms with Crippen molar-refractivity contribution < 1.29 is 14.3 Å². The lowest BCUT2D eigenvalue weighted by Gasteiger charge is -2.35. The van der Waals surface area contributed by atoms with Crippen LogP contribution < -0.4 is 5.73 Å². The van der Waals surface area contributed by atoms with Crippen molar-refractivity contribution in [1.82, 2.24) is 9.80 Å². The van der Waals surface area contributed by atoms with Gasteiger partial charge in [0.15, 0.2) is 5.96 Å². The smallest absolute Gasteiger partial charge is 0.254 e. The van der Waals surface area contributed by atoms with E-state index in [1.165, 1.54) is 9.60 Å². The highest BCUT2D eigenvalue weighted by Crippen LogP contribution is 2.36. The quantitative estimate of drug-likeness (QED) is 0.563. The van der Waals surface area contributed by atoms with Crippen LogP contribution in [-0.4, -0.2) is 53.9 Å². The Balaban J connectivity index is 1.35. The Morgan fingerprint density at radius 3 is 2.91 bits per heavy atom. The molecule has 2 aliphatic heterocycles. The van der Waals surface area contributed by atoms with Gasteiger partial charge in [-0.1, -0.05) is 18.2 Å². The second kappa shape index (κ2) is 9.43. The zero-order chi connectivity index (χ0) is 24.6. The van der Waals surface area contributed by atoms with E-state index in [4.69, 9.17) is 15.5 Å². The molecule has 2 aromatic carbocycles. The Morgan fingerprint density at radius 1 is 1.26 bits per heavy atom. The molecular formula is C27H30N4O3S. The van der Waals surface area contributed by atoms with E-state index in [-0.39, 0.29) is 36.8 Å². The Bertz CT molecular complexity index is 1300. The fourth-order valence-electron chi connectivity index (χ4n) is 5.13. The van der Waals surface area contributed by atoms with Gasteiger partial charge < -0.3 is 15.4 Å². The third-order valence-corrected chi connectivity index (χ3v) is 7.92. The summed E-state index contributed by atoms with van der Waals surface area (Å²) in [5.41, 5.74) is 8.06. The average molecular weight is 491 g/mol. The molecule has 182 valence electrons. The van der Waals surface area contributed by atoms with Crippen LogP contribution in [0, 0.1) is 0 Å². The van der Waals surface area contributed by atoms with Gasteiger partial charge in [-0.15, -0.1) is 11.3 Å². The van der Waals surface area contributed by atoms with E-state index in [0.717, 1.165) is 35.9 Å². The standard InChI is InChI=1S/C27H30N4O3S/c1-27(21-8-9-23-19(14-21)10-12-35-23)15-24(32)31(26(28)29-27)16-18-5-3-6-20(13-18)25(33)30-11-4-7-22(30)17-34-2/h3,5-6,8-10,12-14,22H,4,7,11,15-17H2,1-2H3,(H2,28,29)/t22-,27+/m1/s1. The van der Waals surface area contributed by atoms with Gasteiger partial charge in [0.1, 0.15) is 0 Å². The minimum absolute atomic E-state index is 0.00518. The molecule has 0 spiro atoms. The number of hydrogen-bond donors (Lipinski definition) is 1. The molecule has 0 radical (unpaired) electrons. The Labute approximate surface area is 209 Å². The molecule has 3 heterocycles. The molecule has 2 N–H and O–H groups in total.